The molecular weight excluding hydrogens is 389 g/mol. The highest BCUT2D eigenvalue weighted by molar-refractivity contribution is 6.31. The lowest BCUT2D eigenvalue weighted by Crippen LogP contribution is -2.18. The third-order valence-corrected chi connectivity index (χ3v) is 6.13. The summed E-state index contributed by atoms with van der Waals surface area (Å²) in [7, 11) is 2.14. The molecule has 2 aromatic carbocycles. The Morgan fingerprint density at radius 1 is 1.17 bits per heavy atom. The number of benzene rings is 2. The smallest absolute Gasteiger partial charge is 0.165 e. The summed E-state index contributed by atoms with van der Waals surface area (Å²) in [5.41, 5.74) is 14.3. The molecule has 5 rings (SSSR count). The van der Waals surface area contributed by atoms with Crippen molar-refractivity contribution in [2.45, 2.75) is 0 Å². The van der Waals surface area contributed by atoms with Crippen LogP contribution in [0, 0.1) is 35.4 Å². The van der Waals surface area contributed by atoms with Gasteiger partial charge in [-0.25, -0.2) is 14.4 Å². The molecule has 1 aliphatic heterocycles. The molecule has 3 atom stereocenters. The lowest BCUT2D eigenvalue weighted by Gasteiger charge is -2.10. The van der Waals surface area contributed by atoms with Gasteiger partial charge < -0.3 is 16.4 Å². The van der Waals surface area contributed by atoms with Crippen molar-refractivity contribution in [1.29, 1.82) is 0 Å². The van der Waals surface area contributed by atoms with Gasteiger partial charge in [0.05, 0.1) is 16.1 Å². The van der Waals surface area contributed by atoms with Crippen LogP contribution in [0.1, 0.15) is 5.56 Å². The first-order chi connectivity index (χ1) is 13.9. The van der Waals surface area contributed by atoms with Crippen molar-refractivity contribution in [2.24, 2.45) is 17.8 Å². The molecule has 2 fully saturated rings. The number of hydrogen-bond acceptors (Lipinski definition) is 5. The van der Waals surface area contributed by atoms with E-state index in [0.29, 0.717) is 39.9 Å². The zero-order chi connectivity index (χ0) is 20.3. The first-order valence-corrected chi connectivity index (χ1v) is 9.81. The quantitative estimate of drug-likeness (QED) is 0.477. The van der Waals surface area contributed by atoms with Crippen LogP contribution in [0.3, 0.4) is 0 Å². The van der Waals surface area contributed by atoms with Crippen LogP contribution in [0.2, 0.25) is 5.02 Å². The van der Waals surface area contributed by atoms with Gasteiger partial charge in [0.2, 0.25) is 0 Å². The Labute approximate surface area is 172 Å². The summed E-state index contributed by atoms with van der Waals surface area (Å²) >= 11 is 5.89. The molecule has 29 heavy (non-hydrogen) atoms. The lowest BCUT2D eigenvalue weighted by molar-refractivity contribution is 0.360. The highest BCUT2D eigenvalue weighted by Gasteiger charge is 2.53. The molecule has 1 aromatic heterocycles. The van der Waals surface area contributed by atoms with Crippen LogP contribution >= 0.6 is 11.6 Å². The van der Waals surface area contributed by atoms with Crippen LogP contribution in [-0.4, -0.2) is 35.0 Å². The highest BCUT2D eigenvalue weighted by Crippen LogP contribution is 2.50. The summed E-state index contributed by atoms with van der Waals surface area (Å²) in [6, 6.07) is 8.22. The molecule has 0 bridgehead atoms. The van der Waals surface area contributed by atoms with E-state index in [2.05, 4.69) is 33.8 Å². The number of piperidine rings is 1. The molecule has 5 nitrogen and oxygen atoms in total. The monoisotopic (exact) mass is 407 g/mol. The van der Waals surface area contributed by atoms with Crippen molar-refractivity contribution < 1.29 is 4.39 Å². The molecule has 3 aromatic rings. The van der Waals surface area contributed by atoms with E-state index in [9.17, 15) is 4.39 Å². The van der Waals surface area contributed by atoms with E-state index in [1.165, 1.54) is 6.07 Å². The zero-order valence-electron chi connectivity index (χ0n) is 15.8. The summed E-state index contributed by atoms with van der Waals surface area (Å²) < 4.78 is 14.4. The maximum Gasteiger partial charge on any atom is 0.165 e. The van der Waals surface area contributed by atoms with Gasteiger partial charge in [0, 0.05) is 35.6 Å². The highest BCUT2D eigenvalue weighted by atomic mass is 35.5. The van der Waals surface area contributed by atoms with Gasteiger partial charge in [-0.1, -0.05) is 29.5 Å². The van der Waals surface area contributed by atoms with Gasteiger partial charge in [0.15, 0.2) is 11.6 Å². The van der Waals surface area contributed by atoms with Gasteiger partial charge in [-0.15, -0.1) is 0 Å². The van der Waals surface area contributed by atoms with Crippen LogP contribution in [0.15, 0.2) is 30.3 Å². The number of nitrogens with two attached hydrogens (primary N) is 2. The van der Waals surface area contributed by atoms with Gasteiger partial charge in [0.25, 0.3) is 0 Å². The van der Waals surface area contributed by atoms with E-state index >= 15 is 0 Å². The molecule has 1 unspecified atom stereocenters. The van der Waals surface area contributed by atoms with Crippen molar-refractivity contribution in [3.05, 3.63) is 46.7 Å². The largest absolute Gasteiger partial charge is 0.398 e. The third kappa shape index (κ3) is 3.07. The summed E-state index contributed by atoms with van der Waals surface area (Å²) in [4.78, 5) is 11.1. The average molecular weight is 408 g/mol. The molecule has 2 heterocycles. The molecule has 0 amide bonds. The standard InChI is InChI=1S/C22H19ClFN5/c1-29-9-15-12(16(15)10-29)6-5-11-7-19-14(8-18(11)25)21(26)28-22(27-19)13-3-2-4-17(23)20(13)24/h2-4,7-8,12,15-16H,9-10,25H2,1H3,(H2,26,27,28)/t12?,15-,16+. The Hall–Kier alpha value is -2.88. The second-order valence-electron chi connectivity index (χ2n) is 7.83. The van der Waals surface area contributed by atoms with Gasteiger partial charge >= 0.3 is 0 Å². The summed E-state index contributed by atoms with van der Waals surface area (Å²) in [6.45, 7) is 2.21. The average Bonchev–Trinajstić information content (AvgIpc) is 3.15. The maximum absolute atomic E-state index is 14.4. The van der Waals surface area contributed by atoms with E-state index in [-0.39, 0.29) is 22.2 Å². The maximum atomic E-state index is 14.4. The molecule has 1 aliphatic carbocycles. The number of anilines is 2. The molecule has 4 N–H and O–H groups in total. The van der Waals surface area contributed by atoms with Crippen LogP contribution in [-0.2, 0) is 0 Å². The summed E-state index contributed by atoms with van der Waals surface area (Å²) in [5, 5.41) is 0.624. The first kappa shape index (κ1) is 18.2. The molecule has 1 saturated heterocycles. The Morgan fingerprint density at radius 3 is 2.69 bits per heavy atom. The SMILES string of the molecule is CN1C[C@@H]2C(C#Cc3cc4nc(-c5cccc(Cl)c5F)nc(N)c4cc3N)[C@@H]2C1. The first-order valence-electron chi connectivity index (χ1n) is 9.43. The predicted octanol–water partition coefficient (Wildman–Crippen LogP) is 3.41. The van der Waals surface area contributed by atoms with Crippen LogP contribution in [0.5, 0.6) is 0 Å². The van der Waals surface area contributed by atoms with Crippen LogP contribution in [0.25, 0.3) is 22.3 Å². The van der Waals surface area contributed by atoms with E-state index in [0.717, 1.165) is 13.1 Å². The number of halogens is 2. The van der Waals surface area contributed by atoms with Crippen molar-refractivity contribution in [1.82, 2.24) is 14.9 Å². The minimum atomic E-state index is -0.575. The summed E-state index contributed by atoms with van der Waals surface area (Å²) in [6.07, 6.45) is 0. The second kappa shape index (κ2) is 6.58. The fourth-order valence-electron chi connectivity index (χ4n) is 4.23. The Morgan fingerprint density at radius 2 is 1.93 bits per heavy atom. The number of hydrogen-bond donors (Lipinski definition) is 2. The van der Waals surface area contributed by atoms with E-state index in [1.807, 2.05) is 0 Å². The van der Waals surface area contributed by atoms with Gasteiger partial charge in [-0.3, -0.25) is 0 Å². The van der Waals surface area contributed by atoms with Crippen molar-refractivity contribution in [3.63, 3.8) is 0 Å². The minimum Gasteiger partial charge on any atom is -0.398 e. The molecule has 0 radical (unpaired) electrons. The lowest BCUT2D eigenvalue weighted by atomic mass is 10.1. The Balaban J connectivity index is 1.54. The van der Waals surface area contributed by atoms with Crippen molar-refractivity contribution in [3.8, 4) is 23.2 Å². The normalized spacial score (nSPS) is 22.9. The molecule has 7 heteroatoms. The summed E-state index contributed by atoms with van der Waals surface area (Å²) in [5.74, 6) is 8.20. The van der Waals surface area contributed by atoms with Crippen LogP contribution < -0.4 is 11.5 Å². The molecule has 146 valence electrons. The van der Waals surface area contributed by atoms with Gasteiger partial charge in [0.1, 0.15) is 5.82 Å². The van der Waals surface area contributed by atoms with Crippen molar-refractivity contribution in [2.75, 3.05) is 31.6 Å². The number of nitrogen functional groups attached to an aromatic ring is 2. The van der Waals surface area contributed by atoms with E-state index in [1.54, 1.807) is 24.3 Å². The fraction of sp³-hybridized carbons (Fsp3) is 0.273. The molecular formula is C22H19ClFN5. The molecule has 0 spiro atoms. The molecule has 1 saturated carbocycles. The van der Waals surface area contributed by atoms with E-state index < -0.39 is 5.82 Å². The Bertz CT molecular complexity index is 1200. The van der Waals surface area contributed by atoms with Gasteiger partial charge in [-0.05, 0) is 43.1 Å². The number of aromatic nitrogens is 2. The predicted molar refractivity (Wildman–Crippen MR) is 114 cm³/mol. The second-order valence-corrected chi connectivity index (χ2v) is 8.24. The fourth-order valence-corrected chi connectivity index (χ4v) is 4.41. The number of rotatable bonds is 1. The number of likely N-dealkylation sites (tertiary alicyclic amines) is 1. The number of fused-ring (bicyclic) bond motifs is 2. The number of nitrogens with zero attached hydrogens (tertiary/aromatic N) is 3. The Kier molecular flexibility index (Phi) is 4.12. The van der Waals surface area contributed by atoms with Gasteiger partial charge in [-0.2, -0.15) is 0 Å². The zero-order valence-corrected chi connectivity index (χ0v) is 16.5. The van der Waals surface area contributed by atoms with Crippen molar-refractivity contribution >= 4 is 34.0 Å². The third-order valence-electron chi connectivity index (χ3n) is 5.84. The topological polar surface area (TPSA) is 81.1 Å². The van der Waals surface area contributed by atoms with Crippen LogP contribution in [0.4, 0.5) is 15.9 Å². The minimum absolute atomic E-state index is 0.00857. The molecule has 2 aliphatic rings. The van der Waals surface area contributed by atoms with E-state index in [4.69, 9.17) is 23.1 Å².